The van der Waals surface area contributed by atoms with E-state index in [0.29, 0.717) is 0 Å². The predicted octanol–water partition coefficient (Wildman–Crippen LogP) is 2.19. The van der Waals surface area contributed by atoms with Gasteiger partial charge in [0.15, 0.2) is 0 Å². The Morgan fingerprint density at radius 2 is 1.92 bits per heavy atom. The number of hydrogen-bond acceptors (Lipinski definition) is 2. The largest absolute Gasteiger partial charge is 0.497 e. The summed E-state index contributed by atoms with van der Waals surface area (Å²) >= 11 is 0. The number of aryl methyl sites for hydroxylation is 1. The van der Waals surface area contributed by atoms with Crippen molar-refractivity contribution in [3.63, 3.8) is 0 Å². The maximum atomic E-state index is 5.32. The van der Waals surface area contributed by atoms with Gasteiger partial charge in [0.05, 0.1) is 14.2 Å². The summed E-state index contributed by atoms with van der Waals surface area (Å²) in [5.41, 5.74) is 2.75. The molecule has 70 valence electrons. The number of rotatable bonds is 2. The van der Waals surface area contributed by atoms with E-state index < -0.39 is 0 Å². The molecule has 0 amide bonds. The summed E-state index contributed by atoms with van der Waals surface area (Å²) in [7, 11) is 3.41. The molecule has 1 aliphatic rings. The predicted molar refractivity (Wildman–Crippen MR) is 51.6 cm³/mol. The lowest BCUT2D eigenvalue weighted by molar-refractivity contribution is 0.391. The maximum Gasteiger partial charge on any atom is 0.126 e. The molecule has 0 aliphatic heterocycles. The Balaban J connectivity index is 2.49. The molecule has 0 aromatic heterocycles. The molecule has 1 aliphatic carbocycles. The molecule has 0 N–H and O–H groups in total. The third-order valence-corrected chi connectivity index (χ3v) is 2.60. The highest BCUT2D eigenvalue weighted by Gasteiger charge is 2.16. The molecule has 0 spiro atoms. The van der Waals surface area contributed by atoms with Crippen LogP contribution in [0.3, 0.4) is 0 Å². The summed E-state index contributed by atoms with van der Waals surface area (Å²) in [6.45, 7) is 0. The van der Waals surface area contributed by atoms with Crippen LogP contribution in [-0.2, 0) is 12.8 Å². The van der Waals surface area contributed by atoms with Gasteiger partial charge in [-0.2, -0.15) is 0 Å². The van der Waals surface area contributed by atoms with E-state index in [1.54, 1.807) is 14.2 Å². The van der Waals surface area contributed by atoms with E-state index in [9.17, 15) is 0 Å². The third kappa shape index (κ3) is 1.37. The second-order valence-electron chi connectivity index (χ2n) is 3.32. The van der Waals surface area contributed by atoms with E-state index in [1.165, 1.54) is 17.5 Å². The van der Waals surface area contributed by atoms with Gasteiger partial charge in [0.25, 0.3) is 0 Å². The second-order valence-corrected chi connectivity index (χ2v) is 3.32. The first kappa shape index (κ1) is 8.42. The van der Waals surface area contributed by atoms with Crippen LogP contribution in [0.25, 0.3) is 0 Å². The van der Waals surface area contributed by atoms with Gasteiger partial charge in [-0.3, -0.25) is 0 Å². The highest BCUT2D eigenvalue weighted by atomic mass is 16.5. The molecular weight excluding hydrogens is 164 g/mol. The molecule has 0 heterocycles. The van der Waals surface area contributed by atoms with Crippen molar-refractivity contribution in [2.75, 3.05) is 14.2 Å². The van der Waals surface area contributed by atoms with E-state index >= 15 is 0 Å². The van der Waals surface area contributed by atoms with Gasteiger partial charge in [0.2, 0.25) is 0 Å². The van der Waals surface area contributed by atoms with Gasteiger partial charge >= 0.3 is 0 Å². The van der Waals surface area contributed by atoms with Gasteiger partial charge in [-0.25, -0.2) is 0 Å². The second kappa shape index (κ2) is 3.29. The van der Waals surface area contributed by atoms with Crippen LogP contribution in [0.1, 0.15) is 17.5 Å². The SMILES string of the molecule is COc1cc2c(c(OC)c1)CCC2. The minimum absolute atomic E-state index is 0.900. The molecule has 0 bridgehead atoms. The Morgan fingerprint density at radius 1 is 1.08 bits per heavy atom. The first-order valence-corrected chi connectivity index (χ1v) is 4.59. The summed E-state index contributed by atoms with van der Waals surface area (Å²) in [5, 5.41) is 0. The Labute approximate surface area is 78.5 Å². The molecule has 13 heavy (non-hydrogen) atoms. The lowest BCUT2D eigenvalue weighted by Crippen LogP contribution is -1.93. The van der Waals surface area contributed by atoms with Gasteiger partial charge < -0.3 is 9.47 Å². The average Bonchev–Trinajstić information content (AvgIpc) is 2.63. The zero-order valence-electron chi connectivity index (χ0n) is 8.09. The number of fused-ring (bicyclic) bond motifs is 1. The Bertz CT molecular complexity index is 318. The monoisotopic (exact) mass is 178 g/mol. The van der Waals surface area contributed by atoms with Crippen LogP contribution in [0.5, 0.6) is 11.5 Å². The van der Waals surface area contributed by atoms with Crippen LogP contribution in [0, 0.1) is 0 Å². The normalized spacial score (nSPS) is 14.0. The van der Waals surface area contributed by atoms with Crippen molar-refractivity contribution in [2.45, 2.75) is 19.3 Å². The first-order valence-electron chi connectivity index (χ1n) is 4.59. The quantitative estimate of drug-likeness (QED) is 0.691. The standard InChI is InChI=1S/C11H14O2/c1-12-9-6-8-4-3-5-10(8)11(7-9)13-2/h6-7H,3-5H2,1-2H3. The molecule has 0 fully saturated rings. The van der Waals surface area contributed by atoms with Crippen LogP contribution in [0.2, 0.25) is 0 Å². The van der Waals surface area contributed by atoms with E-state index in [1.807, 2.05) is 6.07 Å². The summed E-state index contributed by atoms with van der Waals surface area (Å²) in [6.07, 6.45) is 3.53. The molecule has 2 heteroatoms. The van der Waals surface area contributed by atoms with Crippen LogP contribution < -0.4 is 9.47 Å². The average molecular weight is 178 g/mol. The molecule has 0 unspecified atom stereocenters. The molecule has 2 rings (SSSR count). The van der Waals surface area contributed by atoms with Gasteiger partial charge in [-0.15, -0.1) is 0 Å². The number of benzene rings is 1. The molecule has 0 atom stereocenters. The maximum absolute atomic E-state index is 5.32. The minimum Gasteiger partial charge on any atom is -0.497 e. The molecule has 2 nitrogen and oxygen atoms in total. The summed E-state index contributed by atoms with van der Waals surface area (Å²) in [4.78, 5) is 0. The smallest absolute Gasteiger partial charge is 0.126 e. The summed E-state index contributed by atoms with van der Waals surface area (Å²) < 4.78 is 10.5. The van der Waals surface area contributed by atoms with Crippen molar-refractivity contribution in [3.8, 4) is 11.5 Å². The van der Waals surface area contributed by atoms with Gasteiger partial charge in [0.1, 0.15) is 11.5 Å². The third-order valence-electron chi connectivity index (χ3n) is 2.60. The van der Waals surface area contributed by atoms with Crippen LogP contribution in [0.4, 0.5) is 0 Å². The fraction of sp³-hybridized carbons (Fsp3) is 0.455. The van der Waals surface area contributed by atoms with Crippen LogP contribution in [0.15, 0.2) is 12.1 Å². The fourth-order valence-electron chi connectivity index (χ4n) is 1.94. The number of ether oxygens (including phenoxy) is 2. The number of methoxy groups -OCH3 is 2. The van der Waals surface area contributed by atoms with Gasteiger partial charge in [-0.05, 0) is 36.5 Å². The molecule has 1 aromatic rings. The van der Waals surface area contributed by atoms with E-state index in [-0.39, 0.29) is 0 Å². The van der Waals surface area contributed by atoms with Crippen LogP contribution >= 0.6 is 0 Å². The van der Waals surface area contributed by atoms with Crippen LogP contribution in [-0.4, -0.2) is 14.2 Å². The van der Waals surface area contributed by atoms with Crippen molar-refractivity contribution in [1.82, 2.24) is 0 Å². The minimum atomic E-state index is 0.900. The molecular formula is C11H14O2. The van der Waals surface area contributed by atoms with Crippen molar-refractivity contribution in [3.05, 3.63) is 23.3 Å². The first-order chi connectivity index (χ1) is 6.35. The number of hydrogen-bond donors (Lipinski definition) is 0. The van der Waals surface area contributed by atoms with E-state index in [4.69, 9.17) is 9.47 Å². The van der Waals surface area contributed by atoms with Gasteiger partial charge in [0, 0.05) is 6.07 Å². The summed E-state index contributed by atoms with van der Waals surface area (Å²) in [5.74, 6) is 1.88. The van der Waals surface area contributed by atoms with Crippen molar-refractivity contribution in [2.24, 2.45) is 0 Å². The molecule has 0 saturated carbocycles. The van der Waals surface area contributed by atoms with Crippen molar-refractivity contribution in [1.29, 1.82) is 0 Å². The zero-order chi connectivity index (χ0) is 9.26. The Hall–Kier alpha value is -1.18. The Morgan fingerprint density at radius 3 is 2.62 bits per heavy atom. The van der Waals surface area contributed by atoms with E-state index in [0.717, 1.165) is 24.3 Å². The van der Waals surface area contributed by atoms with E-state index in [2.05, 4.69) is 6.07 Å². The zero-order valence-corrected chi connectivity index (χ0v) is 8.09. The molecule has 1 aromatic carbocycles. The Kier molecular flexibility index (Phi) is 2.13. The van der Waals surface area contributed by atoms with Gasteiger partial charge in [-0.1, -0.05) is 0 Å². The molecule has 0 radical (unpaired) electrons. The highest BCUT2D eigenvalue weighted by Crippen LogP contribution is 2.34. The van der Waals surface area contributed by atoms with Crippen molar-refractivity contribution >= 4 is 0 Å². The molecule has 0 saturated heterocycles. The lowest BCUT2D eigenvalue weighted by atomic mass is 10.1. The highest BCUT2D eigenvalue weighted by molar-refractivity contribution is 5.48. The topological polar surface area (TPSA) is 18.5 Å². The fourth-order valence-corrected chi connectivity index (χ4v) is 1.94. The summed E-state index contributed by atoms with van der Waals surface area (Å²) in [6, 6.07) is 4.08. The lowest BCUT2D eigenvalue weighted by Gasteiger charge is -2.09. The van der Waals surface area contributed by atoms with Crippen molar-refractivity contribution < 1.29 is 9.47 Å².